The van der Waals surface area contributed by atoms with Crippen LogP contribution in [0.1, 0.15) is 50.3 Å². The van der Waals surface area contributed by atoms with Crippen molar-refractivity contribution in [1.29, 1.82) is 0 Å². The number of nitrogens with zero attached hydrogens (tertiary/aromatic N) is 4. The van der Waals surface area contributed by atoms with Gasteiger partial charge < -0.3 is 19.7 Å². The zero-order valence-electron chi connectivity index (χ0n) is 29.9. The van der Waals surface area contributed by atoms with E-state index in [9.17, 15) is 26.4 Å². The number of nitrogens with one attached hydrogen (secondary N) is 2. The SMILES string of the molecule is Cc1ccc2c(NS(=O)(=O)Cc3ccccc3C(F)(F)F)c(F)ccc2c1Oc1ncccc1-c1ccnc(NC2CCCN(C(=O)OC(C)(C)C)C2)n1. The minimum absolute atomic E-state index is 0.113. The van der Waals surface area contributed by atoms with E-state index in [2.05, 4.69) is 20.0 Å². The number of benzene rings is 3. The van der Waals surface area contributed by atoms with Gasteiger partial charge in [-0.3, -0.25) is 4.72 Å². The Bertz CT molecular complexity index is 2300. The van der Waals surface area contributed by atoms with Crippen LogP contribution >= 0.6 is 0 Å². The van der Waals surface area contributed by atoms with Gasteiger partial charge in [0.25, 0.3) is 0 Å². The second kappa shape index (κ2) is 15.1. The molecule has 284 valence electrons. The van der Waals surface area contributed by atoms with Gasteiger partial charge >= 0.3 is 12.3 Å². The Morgan fingerprint density at radius 3 is 2.48 bits per heavy atom. The number of rotatable bonds is 9. The van der Waals surface area contributed by atoms with E-state index in [1.807, 2.05) is 20.8 Å². The van der Waals surface area contributed by atoms with Gasteiger partial charge in [0, 0.05) is 42.3 Å². The van der Waals surface area contributed by atoms with Gasteiger partial charge in [0.1, 0.15) is 17.2 Å². The van der Waals surface area contributed by atoms with Gasteiger partial charge in [-0.25, -0.2) is 32.6 Å². The lowest BCUT2D eigenvalue weighted by molar-refractivity contribution is -0.138. The van der Waals surface area contributed by atoms with Crippen molar-refractivity contribution < 1.29 is 40.2 Å². The van der Waals surface area contributed by atoms with Gasteiger partial charge in [0.15, 0.2) is 0 Å². The zero-order valence-corrected chi connectivity index (χ0v) is 30.7. The van der Waals surface area contributed by atoms with Crippen molar-refractivity contribution in [3.63, 3.8) is 0 Å². The monoisotopic (exact) mass is 766 g/mol. The maximum atomic E-state index is 15.3. The molecule has 3 heterocycles. The number of hydrogen-bond donors (Lipinski definition) is 2. The Labute approximate surface area is 309 Å². The van der Waals surface area contributed by atoms with Crippen LogP contribution in [0.25, 0.3) is 22.0 Å². The number of carbonyl (C=O) groups is 1. The van der Waals surface area contributed by atoms with E-state index < -0.39 is 50.2 Å². The van der Waals surface area contributed by atoms with E-state index in [0.717, 1.165) is 37.1 Å². The summed E-state index contributed by atoms with van der Waals surface area (Å²) in [6, 6.07) is 14.9. The lowest BCUT2D eigenvalue weighted by Gasteiger charge is -2.34. The smallest absolute Gasteiger partial charge is 0.416 e. The Balaban J connectivity index is 1.26. The molecule has 1 aliphatic rings. The van der Waals surface area contributed by atoms with Crippen LogP contribution in [0.3, 0.4) is 0 Å². The molecule has 2 N–H and O–H groups in total. The molecule has 54 heavy (non-hydrogen) atoms. The summed E-state index contributed by atoms with van der Waals surface area (Å²) in [5, 5.41) is 3.75. The average Bonchev–Trinajstić information content (AvgIpc) is 3.10. The van der Waals surface area contributed by atoms with Gasteiger partial charge in [-0.2, -0.15) is 13.2 Å². The predicted octanol–water partition coefficient (Wildman–Crippen LogP) is 8.70. The van der Waals surface area contributed by atoms with E-state index in [1.165, 1.54) is 24.4 Å². The molecule has 1 saturated heterocycles. The molecular formula is C38H38F4N6O5S. The molecule has 0 spiro atoms. The number of ether oxygens (including phenoxy) is 2. The molecule has 0 saturated carbocycles. The van der Waals surface area contributed by atoms with Gasteiger partial charge in [0.2, 0.25) is 21.9 Å². The number of alkyl halides is 3. The minimum atomic E-state index is -4.78. The van der Waals surface area contributed by atoms with Crippen LogP contribution in [0.4, 0.5) is 34.0 Å². The van der Waals surface area contributed by atoms with E-state index in [4.69, 9.17) is 14.5 Å². The quantitative estimate of drug-likeness (QED) is 0.141. The third-order valence-electron chi connectivity index (χ3n) is 8.53. The number of anilines is 2. The van der Waals surface area contributed by atoms with Crippen molar-refractivity contribution in [3.05, 3.63) is 102 Å². The maximum Gasteiger partial charge on any atom is 0.416 e. The highest BCUT2D eigenvalue weighted by Crippen LogP contribution is 2.40. The number of pyridine rings is 1. The first-order valence-corrected chi connectivity index (χ1v) is 18.7. The number of piperidine rings is 1. The molecule has 0 radical (unpaired) electrons. The Hall–Kier alpha value is -5.51. The molecule has 11 nitrogen and oxygen atoms in total. The number of hydrogen-bond acceptors (Lipinski definition) is 9. The molecule has 1 aliphatic heterocycles. The fourth-order valence-corrected chi connectivity index (χ4v) is 7.38. The van der Waals surface area contributed by atoms with Gasteiger partial charge in [-0.05, 0) is 88.1 Å². The van der Waals surface area contributed by atoms with E-state index in [-0.39, 0.29) is 29.2 Å². The third-order valence-corrected chi connectivity index (χ3v) is 9.74. The summed E-state index contributed by atoms with van der Waals surface area (Å²) in [6.07, 6.45) is -0.522. The zero-order chi connectivity index (χ0) is 38.8. The average molecular weight is 767 g/mol. The molecule has 5 aromatic rings. The van der Waals surface area contributed by atoms with Crippen LogP contribution in [0.15, 0.2) is 79.1 Å². The summed E-state index contributed by atoms with van der Waals surface area (Å²) in [5.74, 6) is -1.26. The highest BCUT2D eigenvalue weighted by molar-refractivity contribution is 7.91. The molecule has 6 rings (SSSR count). The molecule has 3 aromatic carbocycles. The summed E-state index contributed by atoms with van der Waals surface area (Å²) >= 11 is 0. The Kier molecular flexibility index (Phi) is 10.7. The van der Waals surface area contributed by atoms with Crippen LogP contribution in [-0.2, 0) is 26.7 Å². The molecule has 0 aliphatic carbocycles. The highest BCUT2D eigenvalue weighted by atomic mass is 32.2. The summed E-state index contributed by atoms with van der Waals surface area (Å²) in [6.45, 7) is 8.18. The lowest BCUT2D eigenvalue weighted by atomic mass is 10.0. The number of carbonyl (C=O) groups excluding carboxylic acids is 1. The van der Waals surface area contributed by atoms with Gasteiger partial charge in [0.05, 0.1) is 28.3 Å². The van der Waals surface area contributed by atoms with Gasteiger partial charge in [-0.15, -0.1) is 0 Å². The minimum Gasteiger partial charge on any atom is -0.444 e. The van der Waals surface area contributed by atoms with E-state index in [1.54, 1.807) is 42.3 Å². The van der Waals surface area contributed by atoms with Crippen molar-refractivity contribution in [2.24, 2.45) is 0 Å². The Morgan fingerprint density at radius 1 is 0.963 bits per heavy atom. The van der Waals surface area contributed by atoms with Crippen molar-refractivity contribution in [3.8, 4) is 22.9 Å². The van der Waals surface area contributed by atoms with Crippen LogP contribution in [0.2, 0.25) is 0 Å². The van der Waals surface area contributed by atoms with Gasteiger partial charge in [-0.1, -0.05) is 30.3 Å². The molecule has 1 amide bonds. The summed E-state index contributed by atoms with van der Waals surface area (Å²) in [7, 11) is -4.53. The van der Waals surface area contributed by atoms with Crippen molar-refractivity contribution in [1.82, 2.24) is 19.9 Å². The fraction of sp³-hybridized carbons (Fsp3) is 0.316. The van der Waals surface area contributed by atoms with Crippen molar-refractivity contribution >= 4 is 38.5 Å². The summed E-state index contributed by atoms with van der Waals surface area (Å²) in [5.41, 5.74) is -1.08. The van der Waals surface area contributed by atoms with Crippen LogP contribution in [0, 0.1) is 12.7 Å². The number of sulfonamides is 1. The summed E-state index contributed by atoms with van der Waals surface area (Å²) < 4.78 is 96.6. The fourth-order valence-electron chi connectivity index (χ4n) is 6.13. The highest BCUT2D eigenvalue weighted by Gasteiger charge is 2.34. The molecule has 1 fully saturated rings. The number of aromatic nitrogens is 3. The van der Waals surface area contributed by atoms with E-state index >= 15 is 4.39 Å². The van der Waals surface area contributed by atoms with Crippen LogP contribution in [-0.4, -0.2) is 59.1 Å². The number of likely N-dealkylation sites (tertiary alicyclic amines) is 1. The second-order valence-electron chi connectivity index (χ2n) is 13.9. The normalized spacial score (nSPS) is 15.2. The lowest BCUT2D eigenvalue weighted by Crippen LogP contribution is -2.47. The topological polar surface area (TPSA) is 136 Å². The standard InChI is InChI=1S/C38H38F4N6O5S/c1-23-13-14-26-27(15-16-30(39)32(26)47-54(50,51)22-24-9-5-6-12-29(24)38(40,41)42)33(23)52-34-28(11-7-18-43-34)31-17-19-44-35(46-31)45-25-10-8-20-48(21-25)36(49)53-37(2,3)4/h5-7,9,11-19,25,47H,8,10,20-22H2,1-4H3,(H,44,45,46). The molecule has 0 bridgehead atoms. The van der Waals surface area contributed by atoms with Crippen LogP contribution in [0.5, 0.6) is 11.6 Å². The molecular weight excluding hydrogens is 729 g/mol. The predicted molar refractivity (Wildman–Crippen MR) is 196 cm³/mol. The first-order valence-electron chi connectivity index (χ1n) is 17.1. The number of halogens is 4. The molecule has 1 atom stereocenters. The molecule has 16 heteroatoms. The number of aryl methyl sites for hydroxylation is 1. The first kappa shape index (κ1) is 38.2. The largest absolute Gasteiger partial charge is 0.444 e. The number of fused-ring (bicyclic) bond motifs is 1. The van der Waals surface area contributed by atoms with E-state index in [0.29, 0.717) is 41.2 Å². The first-order chi connectivity index (χ1) is 25.5. The van der Waals surface area contributed by atoms with Crippen LogP contribution < -0.4 is 14.8 Å². The molecule has 1 unspecified atom stereocenters. The third kappa shape index (κ3) is 8.98. The Morgan fingerprint density at radius 2 is 1.72 bits per heavy atom. The molecule has 2 aromatic heterocycles. The van der Waals surface area contributed by atoms with Crippen molar-refractivity contribution in [2.75, 3.05) is 23.1 Å². The van der Waals surface area contributed by atoms with Crippen molar-refractivity contribution in [2.45, 2.75) is 64.1 Å². The summed E-state index contributed by atoms with van der Waals surface area (Å²) in [4.78, 5) is 27.9. The number of amides is 1. The second-order valence-corrected chi connectivity index (χ2v) is 15.6. The maximum absolute atomic E-state index is 15.3.